The highest BCUT2D eigenvalue weighted by Crippen LogP contribution is 2.39. The molecule has 0 aromatic heterocycles. The van der Waals surface area contributed by atoms with E-state index < -0.39 is 5.82 Å². The van der Waals surface area contributed by atoms with Crippen LogP contribution in [0.4, 0.5) is 4.39 Å². The summed E-state index contributed by atoms with van der Waals surface area (Å²) in [5.74, 6) is 5.32. The molecule has 1 aromatic rings. The molecule has 0 bridgehead atoms. The number of hydrogen-bond acceptors (Lipinski definition) is 2. The fourth-order valence-electron chi connectivity index (χ4n) is 2.30. The second-order valence-electron chi connectivity index (χ2n) is 5.92. The molecule has 2 N–H and O–H groups in total. The van der Waals surface area contributed by atoms with Gasteiger partial charge in [0.05, 0.1) is 12.2 Å². The molecule has 0 atom stereocenters. The molecule has 1 aromatic carbocycles. The molecule has 1 fully saturated rings. The first-order valence-corrected chi connectivity index (χ1v) is 7.16. The van der Waals surface area contributed by atoms with Crippen molar-refractivity contribution in [2.75, 3.05) is 6.61 Å². The lowest BCUT2D eigenvalue weighted by Crippen LogP contribution is -2.45. The van der Waals surface area contributed by atoms with Gasteiger partial charge in [-0.2, -0.15) is 0 Å². The van der Waals surface area contributed by atoms with Crippen LogP contribution in [0.5, 0.6) is 0 Å². The summed E-state index contributed by atoms with van der Waals surface area (Å²) in [4.78, 5) is 12.4. The van der Waals surface area contributed by atoms with Crippen LogP contribution in [0.1, 0.15) is 49.0 Å². The molecule has 112 valence electrons. The summed E-state index contributed by atoms with van der Waals surface area (Å²) < 4.78 is 13.3. The molecule has 0 radical (unpaired) electrons. The molecular weight excluding hydrogens is 269 g/mol. The minimum atomic E-state index is -0.429. The molecule has 1 saturated carbocycles. The van der Waals surface area contributed by atoms with Crippen LogP contribution in [0.25, 0.3) is 0 Å². The summed E-state index contributed by atoms with van der Waals surface area (Å²) >= 11 is 0. The van der Waals surface area contributed by atoms with E-state index in [4.69, 9.17) is 5.11 Å². The van der Waals surface area contributed by atoms with Gasteiger partial charge in [0.15, 0.2) is 0 Å². The van der Waals surface area contributed by atoms with Gasteiger partial charge in [-0.05, 0) is 50.8 Å². The van der Waals surface area contributed by atoms with Crippen molar-refractivity contribution in [2.45, 2.75) is 38.6 Å². The van der Waals surface area contributed by atoms with E-state index in [2.05, 4.69) is 17.2 Å². The van der Waals surface area contributed by atoms with E-state index in [9.17, 15) is 9.18 Å². The second-order valence-corrected chi connectivity index (χ2v) is 5.92. The predicted molar refractivity (Wildman–Crippen MR) is 79.3 cm³/mol. The van der Waals surface area contributed by atoms with Gasteiger partial charge in [-0.25, -0.2) is 4.39 Å². The molecule has 1 amide bonds. The Balaban J connectivity index is 2.22. The van der Waals surface area contributed by atoms with Crippen LogP contribution in [0.15, 0.2) is 18.2 Å². The summed E-state index contributed by atoms with van der Waals surface area (Å²) in [6.07, 6.45) is 2.55. The molecule has 0 spiro atoms. The Morgan fingerprint density at radius 1 is 1.48 bits per heavy atom. The summed E-state index contributed by atoms with van der Waals surface area (Å²) in [7, 11) is 0. The number of hydrogen-bond donors (Lipinski definition) is 2. The van der Waals surface area contributed by atoms with Crippen LogP contribution in [0.2, 0.25) is 0 Å². The summed E-state index contributed by atoms with van der Waals surface area (Å²) in [5.41, 5.74) is 0.462. The van der Waals surface area contributed by atoms with Crippen molar-refractivity contribution in [1.82, 2.24) is 5.32 Å². The number of nitrogens with one attached hydrogen (secondary N) is 1. The van der Waals surface area contributed by atoms with Crippen LogP contribution >= 0.6 is 0 Å². The molecular formula is C17H20FNO2. The molecule has 3 nitrogen and oxygen atoms in total. The van der Waals surface area contributed by atoms with Gasteiger partial charge in [-0.15, -0.1) is 0 Å². The zero-order valence-electron chi connectivity index (χ0n) is 12.4. The normalized spacial score (nSPS) is 14.3. The fourth-order valence-corrected chi connectivity index (χ4v) is 2.30. The van der Waals surface area contributed by atoms with E-state index in [1.54, 1.807) is 0 Å². The smallest absolute Gasteiger partial charge is 0.252 e. The van der Waals surface area contributed by atoms with E-state index in [0.29, 0.717) is 23.5 Å². The van der Waals surface area contributed by atoms with Crippen LogP contribution in [-0.4, -0.2) is 23.2 Å². The molecule has 2 rings (SSSR count). The van der Waals surface area contributed by atoms with Crippen molar-refractivity contribution >= 4 is 5.91 Å². The van der Waals surface area contributed by atoms with Gasteiger partial charge in [0.2, 0.25) is 0 Å². The van der Waals surface area contributed by atoms with E-state index in [0.717, 1.165) is 12.8 Å². The topological polar surface area (TPSA) is 49.3 Å². The number of benzene rings is 1. The van der Waals surface area contributed by atoms with Crippen LogP contribution in [0, 0.1) is 23.6 Å². The van der Waals surface area contributed by atoms with Crippen LogP contribution in [0.3, 0.4) is 0 Å². The Hall–Kier alpha value is -1.86. The Morgan fingerprint density at radius 3 is 2.81 bits per heavy atom. The van der Waals surface area contributed by atoms with Gasteiger partial charge in [0, 0.05) is 17.5 Å². The van der Waals surface area contributed by atoms with Gasteiger partial charge in [-0.1, -0.05) is 11.8 Å². The van der Waals surface area contributed by atoms with Gasteiger partial charge in [-0.3, -0.25) is 4.79 Å². The zero-order valence-corrected chi connectivity index (χ0v) is 12.4. The minimum Gasteiger partial charge on any atom is -0.395 e. The molecule has 0 heterocycles. The SMILES string of the molecule is CC(C)(NC(=O)c1ccc(F)cc1C#CCCO)C1CC1. The summed E-state index contributed by atoms with van der Waals surface area (Å²) in [6.45, 7) is 3.95. The third-order valence-electron chi connectivity index (χ3n) is 3.72. The lowest BCUT2D eigenvalue weighted by atomic mass is 9.97. The Kier molecular flexibility index (Phi) is 4.64. The van der Waals surface area contributed by atoms with E-state index in [1.165, 1.54) is 18.2 Å². The number of aliphatic hydroxyl groups is 1. The predicted octanol–water partition coefficient (Wildman–Crippen LogP) is 2.48. The van der Waals surface area contributed by atoms with Crippen LogP contribution in [-0.2, 0) is 0 Å². The molecule has 0 unspecified atom stereocenters. The molecule has 21 heavy (non-hydrogen) atoms. The van der Waals surface area contributed by atoms with E-state index in [1.807, 2.05) is 13.8 Å². The average Bonchev–Trinajstić information content (AvgIpc) is 3.23. The maximum atomic E-state index is 13.3. The maximum absolute atomic E-state index is 13.3. The monoisotopic (exact) mass is 289 g/mol. The Labute approximate surface area is 124 Å². The number of rotatable bonds is 4. The van der Waals surface area contributed by atoms with Gasteiger partial charge in [0.25, 0.3) is 5.91 Å². The molecule has 0 aliphatic heterocycles. The minimum absolute atomic E-state index is 0.0570. The average molecular weight is 289 g/mol. The Morgan fingerprint density at radius 2 is 2.19 bits per heavy atom. The third kappa shape index (κ3) is 4.05. The molecule has 1 aliphatic carbocycles. The summed E-state index contributed by atoms with van der Waals surface area (Å²) in [6, 6.07) is 3.97. The number of aliphatic hydroxyl groups excluding tert-OH is 1. The molecule has 1 aliphatic rings. The van der Waals surface area contributed by atoms with Crippen molar-refractivity contribution in [3.8, 4) is 11.8 Å². The first-order chi connectivity index (χ1) is 9.94. The van der Waals surface area contributed by atoms with Gasteiger partial charge >= 0.3 is 0 Å². The van der Waals surface area contributed by atoms with E-state index >= 15 is 0 Å². The van der Waals surface area contributed by atoms with Crippen molar-refractivity contribution in [1.29, 1.82) is 0 Å². The number of carbonyl (C=O) groups excluding carboxylic acids is 1. The molecule has 0 saturated heterocycles. The molecule has 4 heteroatoms. The van der Waals surface area contributed by atoms with Gasteiger partial charge < -0.3 is 10.4 Å². The number of halogens is 1. The second kappa shape index (κ2) is 6.28. The standard InChI is InChI=1S/C17H20FNO2/c1-17(2,13-6-7-13)19-16(21)15-9-8-14(18)11-12(15)5-3-4-10-20/h8-9,11,13,20H,4,6-7,10H2,1-2H3,(H,19,21). The number of carbonyl (C=O) groups is 1. The Bertz CT molecular complexity index is 595. The van der Waals surface area contributed by atoms with E-state index in [-0.39, 0.29) is 18.1 Å². The lowest BCUT2D eigenvalue weighted by Gasteiger charge is -2.26. The maximum Gasteiger partial charge on any atom is 0.252 e. The highest BCUT2D eigenvalue weighted by molar-refractivity contribution is 5.97. The highest BCUT2D eigenvalue weighted by Gasteiger charge is 2.39. The van der Waals surface area contributed by atoms with Crippen LogP contribution < -0.4 is 5.32 Å². The quantitative estimate of drug-likeness (QED) is 0.837. The fraction of sp³-hybridized carbons (Fsp3) is 0.471. The first-order valence-electron chi connectivity index (χ1n) is 7.16. The van der Waals surface area contributed by atoms with Crippen molar-refractivity contribution < 1.29 is 14.3 Å². The number of amides is 1. The zero-order chi connectivity index (χ0) is 15.5. The van der Waals surface area contributed by atoms with Crippen molar-refractivity contribution in [2.24, 2.45) is 5.92 Å². The lowest BCUT2D eigenvalue weighted by molar-refractivity contribution is 0.0903. The van der Waals surface area contributed by atoms with Crippen molar-refractivity contribution in [3.63, 3.8) is 0 Å². The largest absolute Gasteiger partial charge is 0.395 e. The van der Waals surface area contributed by atoms with Crippen molar-refractivity contribution in [3.05, 3.63) is 35.1 Å². The first kappa shape index (κ1) is 15.5. The summed E-state index contributed by atoms with van der Waals surface area (Å²) in [5, 5.41) is 11.7. The highest BCUT2D eigenvalue weighted by atomic mass is 19.1. The van der Waals surface area contributed by atoms with Gasteiger partial charge in [0.1, 0.15) is 5.82 Å². The third-order valence-corrected chi connectivity index (χ3v) is 3.72.